The summed E-state index contributed by atoms with van der Waals surface area (Å²) in [4.78, 5) is 29.1. The Hall–Kier alpha value is -3.01. The Bertz CT molecular complexity index is 1050. The molecule has 2 N–H and O–H groups in total. The molecule has 2 aromatic carbocycles. The zero-order valence-corrected chi connectivity index (χ0v) is 19.0. The standard InChI is InChI=1S/C24H24F3N3O3S/c25-24(26,27)33-19-12-10-17(11-13-19)28-21(31)14-20-22(32)30-23(34-20)29-18-8-6-16(7-9-18)15-4-2-1-3-5-15/h6-13,15,20H,1-5,14H2,(H,28,31)(H,29,30,32)/t20-/m0/s1. The van der Waals surface area contributed by atoms with Crippen molar-refractivity contribution in [2.45, 2.75) is 56.1 Å². The summed E-state index contributed by atoms with van der Waals surface area (Å²) in [5.74, 6) is -0.530. The average molecular weight is 492 g/mol. The Kier molecular flexibility index (Phi) is 7.45. The molecule has 0 bridgehead atoms. The maximum atomic E-state index is 12.3. The van der Waals surface area contributed by atoms with E-state index in [0.29, 0.717) is 16.8 Å². The van der Waals surface area contributed by atoms with Crippen LogP contribution in [-0.2, 0) is 9.59 Å². The fourth-order valence-electron chi connectivity index (χ4n) is 4.09. The number of thioether (sulfide) groups is 1. The van der Waals surface area contributed by atoms with Gasteiger partial charge in [-0.2, -0.15) is 0 Å². The van der Waals surface area contributed by atoms with Crippen LogP contribution in [-0.4, -0.2) is 28.6 Å². The highest BCUT2D eigenvalue weighted by Gasteiger charge is 2.33. The molecule has 0 unspecified atom stereocenters. The zero-order valence-electron chi connectivity index (χ0n) is 18.2. The first-order chi connectivity index (χ1) is 16.2. The molecule has 1 heterocycles. The van der Waals surface area contributed by atoms with Gasteiger partial charge in [0.05, 0.1) is 5.69 Å². The number of amides is 2. The number of anilines is 1. The van der Waals surface area contributed by atoms with Crippen LogP contribution in [0.3, 0.4) is 0 Å². The quantitative estimate of drug-likeness (QED) is 0.529. The van der Waals surface area contributed by atoms with Gasteiger partial charge in [-0.1, -0.05) is 43.2 Å². The summed E-state index contributed by atoms with van der Waals surface area (Å²) in [5.41, 5.74) is 2.35. The second kappa shape index (κ2) is 10.5. The van der Waals surface area contributed by atoms with Crippen molar-refractivity contribution in [2.24, 2.45) is 4.99 Å². The van der Waals surface area contributed by atoms with Gasteiger partial charge in [0.25, 0.3) is 0 Å². The first kappa shape index (κ1) is 24.1. The Morgan fingerprint density at radius 3 is 2.38 bits per heavy atom. The van der Waals surface area contributed by atoms with Crippen molar-refractivity contribution in [1.82, 2.24) is 5.32 Å². The largest absolute Gasteiger partial charge is 0.573 e. The van der Waals surface area contributed by atoms with E-state index in [2.05, 4.69) is 32.5 Å². The van der Waals surface area contributed by atoms with Crippen LogP contribution in [0.5, 0.6) is 5.75 Å². The van der Waals surface area contributed by atoms with Crippen LogP contribution in [0.1, 0.15) is 50.0 Å². The predicted octanol–water partition coefficient (Wildman–Crippen LogP) is 5.88. The number of carbonyl (C=O) groups excluding carboxylic acids is 2. The van der Waals surface area contributed by atoms with E-state index in [-0.39, 0.29) is 18.1 Å². The molecular formula is C24H24F3N3O3S. The van der Waals surface area contributed by atoms with Gasteiger partial charge in [0, 0.05) is 12.1 Å². The lowest BCUT2D eigenvalue weighted by atomic mass is 9.84. The minimum Gasteiger partial charge on any atom is -0.406 e. The van der Waals surface area contributed by atoms with Gasteiger partial charge in [-0.25, -0.2) is 4.99 Å². The highest BCUT2D eigenvalue weighted by atomic mass is 32.2. The molecular weight excluding hydrogens is 467 g/mol. The third-order valence-corrected chi connectivity index (χ3v) is 6.80. The van der Waals surface area contributed by atoms with Crippen LogP contribution in [0.4, 0.5) is 24.5 Å². The Morgan fingerprint density at radius 2 is 1.74 bits per heavy atom. The molecule has 180 valence electrons. The number of alkyl halides is 3. The number of rotatable bonds is 6. The molecule has 34 heavy (non-hydrogen) atoms. The van der Waals surface area contributed by atoms with E-state index in [1.807, 2.05) is 12.1 Å². The maximum absolute atomic E-state index is 12.3. The van der Waals surface area contributed by atoms with Gasteiger partial charge in [-0.05, 0) is 60.7 Å². The minimum atomic E-state index is -4.78. The predicted molar refractivity (Wildman–Crippen MR) is 125 cm³/mol. The molecule has 2 aliphatic rings. The van der Waals surface area contributed by atoms with Crippen molar-refractivity contribution in [3.8, 4) is 5.75 Å². The van der Waals surface area contributed by atoms with E-state index in [1.54, 1.807) is 0 Å². The SMILES string of the molecule is O=C(C[C@@H]1SC(=Nc2ccc(C3CCCCC3)cc2)NC1=O)Nc1ccc(OC(F)(F)F)cc1. The molecule has 6 nitrogen and oxygen atoms in total. The number of carbonyl (C=O) groups is 2. The number of halogens is 3. The molecule has 0 spiro atoms. The fourth-order valence-corrected chi connectivity index (χ4v) is 5.07. The lowest BCUT2D eigenvalue weighted by Gasteiger charge is -2.21. The van der Waals surface area contributed by atoms with Gasteiger partial charge in [0.1, 0.15) is 11.0 Å². The number of hydrogen-bond acceptors (Lipinski definition) is 5. The molecule has 1 aliphatic heterocycles. The molecule has 4 rings (SSSR count). The summed E-state index contributed by atoms with van der Waals surface area (Å²) in [6.07, 6.45) is 1.39. The lowest BCUT2D eigenvalue weighted by molar-refractivity contribution is -0.274. The second-order valence-corrected chi connectivity index (χ2v) is 9.46. The Balaban J connectivity index is 1.30. The third kappa shape index (κ3) is 6.75. The molecule has 10 heteroatoms. The van der Waals surface area contributed by atoms with Crippen molar-refractivity contribution in [3.63, 3.8) is 0 Å². The van der Waals surface area contributed by atoms with Crippen molar-refractivity contribution < 1.29 is 27.5 Å². The van der Waals surface area contributed by atoms with Crippen LogP contribution >= 0.6 is 11.8 Å². The summed E-state index contributed by atoms with van der Waals surface area (Å²) in [7, 11) is 0. The Labute approximate surface area is 199 Å². The van der Waals surface area contributed by atoms with Gasteiger partial charge in [-0.3, -0.25) is 9.59 Å². The van der Waals surface area contributed by atoms with E-state index in [1.165, 1.54) is 61.6 Å². The number of amidine groups is 1. The number of nitrogens with one attached hydrogen (secondary N) is 2. The van der Waals surface area contributed by atoms with Gasteiger partial charge < -0.3 is 15.4 Å². The maximum Gasteiger partial charge on any atom is 0.573 e. The van der Waals surface area contributed by atoms with E-state index in [4.69, 9.17) is 0 Å². The number of hydrogen-bond donors (Lipinski definition) is 2. The summed E-state index contributed by atoms with van der Waals surface area (Å²) < 4.78 is 40.5. The summed E-state index contributed by atoms with van der Waals surface area (Å²) in [6, 6.07) is 12.9. The van der Waals surface area contributed by atoms with Crippen molar-refractivity contribution in [1.29, 1.82) is 0 Å². The van der Waals surface area contributed by atoms with Gasteiger partial charge >= 0.3 is 6.36 Å². The van der Waals surface area contributed by atoms with Gasteiger partial charge in [-0.15, -0.1) is 13.2 Å². The van der Waals surface area contributed by atoms with E-state index >= 15 is 0 Å². The first-order valence-corrected chi connectivity index (χ1v) is 11.9. The molecule has 0 aromatic heterocycles. The molecule has 0 radical (unpaired) electrons. The summed E-state index contributed by atoms with van der Waals surface area (Å²) in [5, 5.41) is 5.06. The van der Waals surface area contributed by atoms with Crippen LogP contribution in [0.25, 0.3) is 0 Å². The van der Waals surface area contributed by atoms with Crippen LogP contribution in [0.2, 0.25) is 0 Å². The lowest BCUT2D eigenvalue weighted by Crippen LogP contribution is -2.28. The highest BCUT2D eigenvalue weighted by molar-refractivity contribution is 8.15. The number of nitrogens with zero attached hydrogens (tertiary/aromatic N) is 1. The first-order valence-electron chi connectivity index (χ1n) is 11.1. The Morgan fingerprint density at radius 1 is 1.06 bits per heavy atom. The smallest absolute Gasteiger partial charge is 0.406 e. The normalized spacial score (nSPS) is 20.3. The zero-order chi connectivity index (χ0) is 24.1. The molecule has 2 fully saturated rings. The number of benzene rings is 2. The van der Waals surface area contributed by atoms with Gasteiger partial charge in [0.15, 0.2) is 5.17 Å². The molecule has 2 amide bonds. The fraction of sp³-hybridized carbons (Fsp3) is 0.375. The molecule has 1 saturated heterocycles. The summed E-state index contributed by atoms with van der Waals surface area (Å²) >= 11 is 1.18. The van der Waals surface area contributed by atoms with E-state index in [0.717, 1.165) is 17.8 Å². The van der Waals surface area contributed by atoms with Crippen molar-refractivity contribution in [3.05, 3.63) is 54.1 Å². The van der Waals surface area contributed by atoms with Crippen LogP contribution in [0, 0.1) is 0 Å². The van der Waals surface area contributed by atoms with E-state index in [9.17, 15) is 22.8 Å². The molecule has 1 saturated carbocycles. The van der Waals surface area contributed by atoms with E-state index < -0.39 is 17.5 Å². The third-order valence-electron chi connectivity index (χ3n) is 5.72. The highest BCUT2D eigenvalue weighted by Crippen LogP contribution is 2.34. The molecule has 1 atom stereocenters. The van der Waals surface area contributed by atoms with Crippen molar-refractivity contribution >= 4 is 40.1 Å². The van der Waals surface area contributed by atoms with Gasteiger partial charge in [0.2, 0.25) is 11.8 Å². The molecule has 1 aliphatic carbocycles. The topological polar surface area (TPSA) is 79.8 Å². The monoisotopic (exact) mass is 491 g/mol. The van der Waals surface area contributed by atoms with Crippen molar-refractivity contribution in [2.75, 3.05) is 5.32 Å². The second-order valence-electron chi connectivity index (χ2n) is 8.26. The minimum absolute atomic E-state index is 0.100. The summed E-state index contributed by atoms with van der Waals surface area (Å²) in [6.45, 7) is 0. The van der Waals surface area contributed by atoms with Crippen LogP contribution in [0.15, 0.2) is 53.5 Å². The number of aliphatic imine (C=N–C) groups is 1. The average Bonchev–Trinajstić information content (AvgIpc) is 3.13. The van der Waals surface area contributed by atoms with Crippen LogP contribution < -0.4 is 15.4 Å². The number of ether oxygens (including phenoxy) is 1. The molecule has 2 aromatic rings.